The van der Waals surface area contributed by atoms with E-state index >= 15 is 0 Å². The van der Waals surface area contributed by atoms with E-state index in [4.69, 9.17) is 9.57 Å². The molecule has 0 spiro atoms. The highest BCUT2D eigenvalue weighted by molar-refractivity contribution is 5.78. The lowest BCUT2D eigenvalue weighted by Gasteiger charge is -2.31. The van der Waals surface area contributed by atoms with Gasteiger partial charge in [-0.3, -0.25) is 0 Å². The van der Waals surface area contributed by atoms with Gasteiger partial charge in [-0.15, -0.1) is 5.10 Å². The van der Waals surface area contributed by atoms with E-state index in [9.17, 15) is 4.79 Å². The molecular weight excluding hydrogens is 450 g/mol. The number of hydrogen-bond acceptors (Lipinski definition) is 4. The number of rotatable bonds is 7. The van der Waals surface area contributed by atoms with Crippen LogP contribution in [0.5, 0.6) is 0 Å². The third kappa shape index (κ3) is 5.38. The number of piperidine rings is 1. The fourth-order valence-electron chi connectivity index (χ4n) is 4.99. The van der Waals surface area contributed by atoms with Crippen LogP contribution in [0.2, 0.25) is 0 Å². The molecule has 1 aromatic heterocycles. The monoisotopic (exact) mass is 483 g/mol. The SMILES string of the molecule is CCOC(=O)N1CCC(c2cnn(OCc3ccccc3)c2-c2cccc(C3=CCCC=C3)c2)CC1. The Morgan fingerprint density at radius 3 is 2.58 bits per heavy atom. The van der Waals surface area contributed by atoms with Gasteiger partial charge in [-0.1, -0.05) is 71.6 Å². The summed E-state index contributed by atoms with van der Waals surface area (Å²) >= 11 is 0. The zero-order chi connectivity index (χ0) is 24.7. The first-order valence-corrected chi connectivity index (χ1v) is 12.9. The molecule has 2 aromatic carbocycles. The van der Waals surface area contributed by atoms with E-state index in [2.05, 4.69) is 59.7 Å². The van der Waals surface area contributed by atoms with Crippen LogP contribution in [0, 0.1) is 0 Å². The summed E-state index contributed by atoms with van der Waals surface area (Å²) in [5, 5.41) is 4.67. The van der Waals surface area contributed by atoms with Crippen LogP contribution in [0.3, 0.4) is 0 Å². The number of likely N-dealkylation sites (tertiary alicyclic amines) is 1. The van der Waals surface area contributed by atoms with E-state index < -0.39 is 0 Å². The molecule has 2 heterocycles. The van der Waals surface area contributed by atoms with Gasteiger partial charge in [-0.2, -0.15) is 0 Å². The van der Waals surface area contributed by atoms with Crippen LogP contribution in [-0.2, 0) is 11.3 Å². The molecule has 0 unspecified atom stereocenters. The summed E-state index contributed by atoms with van der Waals surface area (Å²) in [6, 6.07) is 18.8. The van der Waals surface area contributed by atoms with E-state index in [0.29, 0.717) is 26.3 Å². The van der Waals surface area contributed by atoms with E-state index in [-0.39, 0.29) is 12.0 Å². The maximum Gasteiger partial charge on any atom is 0.409 e. The summed E-state index contributed by atoms with van der Waals surface area (Å²) in [4.78, 5) is 21.9. The number of hydrogen-bond donors (Lipinski definition) is 0. The van der Waals surface area contributed by atoms with Gasteiger partial charge in [-0.25, -0.2) is 4.79 Å². The van der Waals surface area contributed by atoms with Crippen LogP contribution in [0.1, 0.15) is 55.2 Å². The minimum atomic E-state index is -0.223. The summed E-state index contributed by atoms with van der Waals surface area (Å²) in [6.07, 6.45) is 12.4. The molecule has 1 saturated heterocycles. The highest BCUT2D eigenvalue weighted by Crippen LogP contribution is 2.36. The van der Waals surface area contributed by atoms with Crippen molar-refractivity contribution in [3.63, 3.8) is 0 Å². The molecule has 1 aliphatic heterocycles. The van der Waals surface area contributed by atoms with Crippen LogP contribution in [0.25, 0.3) is 16.8 Å². The van der Waals surface area contributed by atoms with Crippen LogP contribution < -0.4 is 4.84 Å². The second-order valence-electron chi connectivity index (χ2n) is 9.26. The Morgan fingerprint density at radius 2 is 1.83 bits per heavy atom. The topological polar surface area (TPSA) is 56.6 Å². The first-order valence-electron chi connectivity index (χ1n) is 12.9. The highest BCUT2D eigenvalue weighted by atomic mass is 16.7. The van der Waals surface area contributed by atoms with Crippen LogP contribution in [0.4, 0.5) is 4.79 Å². The Hall–Kier alpha value is -3.80. The molecule has 0 saturated carbocycles. The van der Waals surface area contributed by atoms with Crippen molar-refractivity contribution < 1.29 is 14.4 Å². The molecule has 0 atom stereocenters. The normalized spacial score (nSPS) is 16.0. The average molecular weight is 484 g/mol. The zero-order valence-corrected chi connectivity index (χ0v) is 20.8. The number of allylic oxidation sites excluding steroid dienone is 4. The van der Waals surface area contributed by atoms with Crippen molar-refractivity contribution in [2.24, 2.45) is 0 Å². The Bertz CT molecular complexity index is 1240. The number of carbonyl (C=O) groups excluding carboxylic acids is 1. The fraction of sp³-hybridized carbons (Fsp3) is 0.333. The third-order valence-corrected chi connectivity index (χ3v) is 6.89. The number of carbonyl (C=O) groups is 1. The van der Waals surface area contributed by atoms with E-state index in [1.54, 1.807) is 9.75 Å². The Morgan fingerprint density at radius 1 is 1.03 bits per heavy atom. The quantitative estimate of drug-likeness (QED) is 0.399. The van der Waals surface area contributed by atoms with Crippen molar-refractivity contribution in [1.82, 2.24) is 14.8 Å². The second kappa shape index (κ2) is 11.3. The van der Waals surface area contributed by atoms with Crippen molar-refractivity contribution in [3.8, 4) is 11.3 Å². The third-order valence-electron chi connectivity index (χ3n) is 6.89. The lowest BCUT2D eigenvalue weighted by Crippen LogP contribution is -2.38. The van der Waals surface area contributed by atoms with Gasteiger partial charge in [0, 0.05) is 24.2 Å². The van der Waals surface area contributed by atoms with Crippen molar-refractivity contribution in [3.05, 3.63) is 95.7 Å². The molecule has 3 aromatic rings. The zero-order valence-electron chi connectivity index (χ0n) is 20.8. The molecule has 1 aliphatic carbocycles. The number of benzene rings is 2. The highest BCUT2D eigenvalue weighted by Gasteiger charge is 2.29. The number of nitrogens with zero attached hydrogens (tertiary/aromatic N) is 3. The van der Waals surface area contributed by atoms with Crippen molar-refractivity contribution in [1.29, 1.82) is 0 Å². The summed E-state index contributed by atoms with van der Waals surface area (Å²) in [5.41, 5.74) is 6.78. The van der Waals surface area contributed by atoms with Gasteiger partial charge < -0.3 is 14.5 Å². The molecule has 0 N–H and O–H groups in total. The first-order chi connectivity index (χ1) is 17.7. The minimum Gasteiger partial charge on any atom is -0.450 e. The van der Waals surface area contributed by atoms with Gasteiger partial charge >= 0.3 is 6.09 Å². The van der Waals surface area contributed by atoms with Gasteiger partial charge in [0.1, 0.15) is 12.3 Å². The maximum atomic E-state index is 12.2. The van der Waals surface area contributed by atoms with Crippen LogP contribution >= 0.6 is 0 Å². The molecule has 186 valence electrons. The van der Waals surface area contributed by atoms with Crippen molar-refractivity contribution >= 4 is 11.7 Å². The molecule has 36 heavy (non-hydrogen) atoms. The van der Waals surface area contributed by atoms with E-state index in [0.717, 1.165) is 48.1 Å². The second-order valence-corrected chi connectivity index (χ2v) is 9.26. The molecule has 6 heteroatoms. The molecule has 5 rings (SSSR count). The van der Waals surface area contributed by atoms with Gasteiger partial charge in [0.25, 0.3) is 0 Å². The fourth-order valence-corrected chi connectivity index (χ4v) is 4.99. The first kappa shape index (κ1) is 23.9. The minimum absolute atomic E-state index is 0.223. The molecule has 1 fully saturated rings. The van der Waals surface area contributed by atoms with E-state index in [1.165, 1.54) is 11.1 Å². The Kier molecular flexibility index (Phi) is 7.50. The Balaban J connectivity index is 1.44. The Labute approximate surface area is 212 Å². The van der Waals surface area contributed by atoms with Gasteiger partial charge in [0.15, 0.2) is 0 Å². The standard InChI is InChI=1S/C30H33N3O3/c1-2-35-30(34)32-18-16-25(17-19-32)28-21-31-33(36-22-23-10-5-3-6-11-23)29(28)27-15-9-14-26(20-27)24-12-7-4-8-13-24/h3,5-7,9-15,20-21,25H,2,4,8,16-19,22H2,1H3. The van der Waals surface area contributed by atoms with E-state index in [1.807, 2.05) is 31.3 Å². The molecule has 1 amide bonds. The number of aromatic nitrogens is 2. The lowest BCUT2D eigenvalue weighted by molar-refractivity contribution is 0.0733. The van der Waals surface area contributed by atoms with Gasteiger partial charge in [0.2, 0.25) is 0 Å². The number of amides is 1. The van der Waals surface area contributed by atoms with Crippen molar-refractivity contribution in [2.45, 2.75) is 45.1 Å². The summed E-state index contributed by atoms with van der Waals surface area (Å²) < 4.78 is 5.20. The molecule has 6 nitrogen and oxygen atoms in total. The maximum absolute atomic E-state index is 12.2. The lowest BCUT2D eigenvalue weighted by atomic mass is 9.87. The van der Waals surface area contributed by atoms with Crippen LogP contribution in [-0.4, -0.2) is 40.6 Å². The van der Waals surface area contributed by atoms with Gasteiger partial charge in [0.05, 0.1) is 12.8 Å². The number of ether oxygens (including phenoxy) is 1. The predicted octanol–water partition coefficient (Wildman–Crippen LogP) is 6.25. The molecule has 2 aliphatic rings. The molecular formula is C30H33N3O3. The summed E-state index contributed by atoms with van der Waals surface area (Å²) in [7, 11) is 0. The largest absolute Gasteiger partial charge is 0.450 e. The average Bonchev–Trinajstić information content (AvgIpc) is 3.37. The smallest absolute Gasteiger partial charge is 0.409 e. The summed E-state index contributed by atoms with van der Waals surface area (Å²) in [6.45, 7) is 4.03. The molecule has 0 radical (unpaired) electrons. The van der Waals surface area contributed by atoms with Gasteiger partial charge in [-0.05, 0) is 61.3 Å². The van der Waals surface area contributed by atoms with Crippen molar-refractivity contribution in [2.75, 3.05) is 19.7 Å². The predicted molar refractivity (Wildman–Crippen MR) is 141 cm³/mol. The molecule has 0 bridgehead atoms. The summed E-state index contributed by atoms with van der Waals surface area (Å²) in [5.74, 6) is 0.289. The van der Waals surface area contributed by atoms with Crippen LogP contribution in [0.15, 0.2) is 79.0 Å².